The summed E-state index contributed by atoms with van der Waals surface area (Å²) < 4.78 is 0. The average Bonchev–Trinajstić information content (AvgIpc) is 2.04. The molecule has 0 bridgehead atoms. The van der Waals surface area contributed by atoms with Gasteiger partial charge in [0.05, 0.1) is 18.3 Å². The van der Waals surface area contributed by atoms with E-state index in [1.165, 1.54) is 19.1 Å². The number of carbonyl (C=O) groups is 1. The van der Waals surface area contributed by atoms with Gasteiger partial charge in [0.25, 0.3) is 5.91 Å². The maximum absolute atomic E-state index is 10.9. The van der Waals surface area contributed by atoms with Gasteiger partial charge in [-0.15, -0.1) is 0 Å². The van der Waals surface area contributed by atoms with Crippen molar-refractivity contribution in [1.82, 2.24) is 5.32 Å². The zero-order valence-corrected chi connectivity index (χ0v) is 6.42. The van der Waals surface area contributed by atoms with Crippen molar-refractivity contribution in [3.63, 3.8) is 0 Å². The van der Waals surface area contributed by atoms with E-state index < -0.39 is 0 Å². The fraction of sp³-hybridized carbons (Fsp3) is 0.750. The topological polar surface area (TPSA) is 41.5 Å². The SMILES string of the molecule is O=C1C=N[C@H]2CCCC[C@H]2N1. The van der Waals surface area contributed by atoms with Crippen LogP contribution in [0.2, 0.25) is 0 Å². The number of hydrogen-bond donors (Lipinski definition) is 1. The fourth-order valence-corrected chi connectivity index (χ4v) is 1.84. The Labute approximate surface area is 65.9 Å². The van der Waals surface area contributed by atoms with E-state index in [4.69, 9.17) is 0 Å². The second kappa shape index (κ2) is 2.64. The molecule has 3 heteroatoms. The molecule has 1 fully saturated rings. The number of nitrogens with one attached hydrogen (secondary N) is 1. The number of nitrogens with zero attached hydrogens (tertiary/aromatic N) is 1. The van der Waals surface area contributed by atoms with E-state index >= 15 is 0 Å². The molecule has 0 aromatic carbocycles. The van der Waals surface area contributed by atoms with Crippen LogP contribution in [0, 0.1) is 0 Å². The van der Waals surface area contributed by atoms with Crippen LogP contribution in [0.5, 0.6) is 0 Å². The van der Waals surface area contributed by atoms with Crippen molar-refractivity contribution >= 4 is 12.1 Å². The van der Waals surface area contributed by atoms with E-state index in [9.17, 15) is 4.79 Å². The van der Waals surface area contributed by atoms with Gasteiger partial charge >= 0.3 is 0 Å². The van der Waals surface area contributed by atoms with E-state index in [-0.39, 0.29) is 5.91 Å². The third kappa shape index (κ3) is 1.27. The van der Waals surface area contributed by atoms with Crippen molar-refractivity contribution in [3.05, 3.63) is 0 Å². The lowest BCUT2D eigenvalue weighted by atomic mass is 9.90. The molecule has 11 heavy (non-hydrogen) atoms. The Kier molecular flexibility index (Phi) is 1.64. The first-order chi connectivity index (χ1) is 5.36. The van der Waals surface area contributed by atoms with E-state index in [1.54, 1.807) is 0 Å². The highest BCUT2D eigenvalue weighted by atomic mass is 16.1. The van der Waals surface area contributed by atoms with Crippen LogP contribution >= 0.6 is 0 Å². The monoisotopic (exact) mass is 152 g/mol. The molecule has 2 aliphatic rings. The smallest absolute Gasteiger partial charge is 0.262 e. The second-order valence-electron chi connectivity index (χ2n) is 3.25. The third-order valence-electron chi connectivity index (χ3n) is 2.44. The number of carbonyl (C=O) groups excluding carboxylic acids is 1. The summed E-state index contributed by atoms with van der Waals surface area (Å²) in [4.78, 5) is 15.1. The third-order valence-corrected chi connectivity index (χ3v) is 2.44. The number of aliphatic imine (C=N–C) groups is 1. The Balaban J connectivity index is 2.10. The molecule has 3 nitrogen and oxygen atoms in total. The molecule has 1 amide bonds. The molecule has 2 atom stereocenters. The summed E-state index contributed by atoms with van der Waals surface area (Å²) in [7, 11) is 0. The molecule has 60 valence electrons. The Bertz CT molecular complexity index is 200. The van der Waals surface area contributed by atoms with Crippen LogP contribution in [-0.4, -0.2) is 24.2 Å². The maximum Gasteiger partial charge on any atom is 0.262 e. The maximum atomic E-state index is 10.9. The highest BCUT2D eigenvalue weighted by Crippen LogP contribution is 2.22. The highest BCUT2D eigenvalue weighted by molar-refractivity contribution is 6.26. The summed E-state index contributed by atoms with van der Waals surface area (Å²) >= 11 is 0. The summed E-state index contributed by atoms with van der Waals surface area (Å²) in [6.45, 7) is 0. The van der Waals surface area contributed by atoms with Crippen LogP contribution < -0.4 is 5.32 Å². The normalized spacial score (nSPS) is 36.2. The largest absolute Gasteiger partial charge is 0.346 e. The summed E-state index contributed by atoms with van der Waals surface area (Å²) in [6, 6.07) is 0.711. The van der Waals surface area contributed by atoms with Gasteiger partial charge in [-0.3, -0.25) is 9.79 Å². The summed E-state index contributed by atoms with van der Waals surface area (Å²) in [5.41, 5.74) is 0. The van der Waals surface area contributed by atoms with Gasteiger partial charge < -0.3 is 5.32 Å². The molecule has 0 radical (unpaired) electrons. The summed E-state index contributed by atoms with van der Waals surface area (Å²) in [5.74, 6) is -0.0202. The molecule has 1 aliphatic heterocycles. The van der Waals surface area contributed by atoms with Gasteiger partial charge in [0, 0.05) is 0 Å². The van der Waals surface area contributed by atoms with Crippen LogP contribution in [0.25, 0.3) is 0 Å². The van der Waals surface area contributed by atoms with Crippen LogP contribution in [0.3, 0.4) is 0 Å². The van der Waals surface area contributed by atoms with Crippen LogP contribution in [-0.2, 0) is 4.79 Å². The van der Waals surface area contributed by atoms with Gasteiger partial charge in [0.2, 0.25) is 0 Å². The fourth-order valence-electron chi connectivity index (χ4n) is 1.84. The lowest BCUT2D eigenvalue weighted by molar-refractivity contribution is -0.115. The van der Waals surface area contributed by atoms with Crippen LogP contribution in [0.1, 0.15) is 25.7 Å². The number of rotatable bonds is 0. The van der Waals surface area contributed by atoms with Crippen molar-refractivity contribution in [3.8, 4) is 0 Å². The molecule has 1 N–H and O–H groups in total. The van der Waals surface area contributed by atoms with Gasteiger partial charge in [-0.05, 0) is 12.8 Å². The van der Waals surface area contributed by atoms with Crippen molar-refractivity contribution in [2.24, 2.45) is 4.99 Å². The standard InChI is InChI=1S/C8H12N2O/c11-8-5-9-6-3-1-2-4-7(6)10-8/h5-7H,1-4H2,(H,10,11)/t6-,7+/m0/s1. The minimum Gasteiger partial charge on any atom is -0.346 e. The van der Waals surface area contributed by atoms with Crippen molar-refractivity contribution in [2.75, 3.05) is 0 Å². The Morgan fingerprint density at radius 3 is 3.18 bits per heavy atom. The molecule has 1 heterocycles. The average molecular weight is 152 g/mol. The molecule has 0 spiro atoms. The van der Waals surface area contributed by atoms with Gasteiger partial charge in [-0.2, -0.15) is 0 Å². The first-order valence-corrected chi connectivity index (χ1v) is 4.20. The zero-order chi connectivity index (χ0) is 7.68. The molecule has 1 saturated carbocycles. The van der Waals surface area contributed by atoms with Gasteiger partial charge in [-0.1, -0.05) is 12.8 Å². The van der Waals surface area contributed by atoms with E-state index in [1.807, 2.05) is 0 Å². The van der Waals surface area contributed by atoms with E-state index in [2.05, 4.69) is 10.3 Å². The molecular weight excluding hydrogens is 140 g/mol. The molecular formula is C8H12N2O. The molecule has 0 unspecified atom stereocenters. The molecule has 2 rings (SSSR count). The minimum atomic E-state index is -0.0202. The number of amides is 1. The lowest BCUT2D eigenvalue weighted by Gasteiger charge is -2.31. The highest BCUT2D eigenvalue weighted by Gasteiger charge is 2.27. The predicted octanol–water partition coefficient (Wildman–Crippen LogP) is 0.498. The van der Waals surface area contributed by atoms with E-state index in [0.29, 0.717) is 12.1 Å². The lowest BCUT2D eigenvalue weighted by Crippen LogP contribution is -2.48. The van der Waals surface area contributed by atoms with Crippen LogP contribution in [0.15, 0.2) is 4.99 Å². The Morgan fingerprint density at radius 2 is 2.27 bits per heavy atom. The van der Waals surface area contributed by atoms with Crippen molar-refractivity contribution in [1.29, 1.82) is 0 Å². The Hall–Kier alpha value is -0.860. The zero-order valence-electron chi connectivity index (χ0n) is 6.42. The number of fused-ring (bicyclic) bond motifs is 1. The van der Waals surface area contributed by atoms with Gasteiger partial charge in [0.1, 0.15) is 0 Å². The minimum absolute atomic E-state index is 0.0202. The Morgan fingerprint density at radius 1 is 1.45 bits per heavy atom. The molecule has 0 saturated heterocycles. The van der Waals surface area contributed by atoms with Gasteiger partial charge in [-0.25, -0.2) is 0 Å². The van der Waals surface area contributed by atoms with Crippen molar-refractivity contribution < 1.29 is 4.79 Å². The summed E-state index contributed by atoms with van der Waals surface area (Å²) in [6.07, 6.45) is 6.16. The first-order valence-electron chi connectivity index (χ1n) is 4.20. The predicted molar refractivity (Wildman–Crippen MR) is 42.7 cm³/mol. The van der Waals surface area contributed by atoms with E-state index in [0.717, 1.165) is 12.8 Å². The van der Waals surface area contributed by atoms with Crippen LogP contribution in [0.4, 0.5) is 0 Å². The van der Waals surface area contributed by atoms with Gasteiger partial charge in [0.15, 0.2) is 0 Å². The van der Waals surface area contributed by atoms with Crippen molar-refractivity contribution in [2.45, 2.75) is 37.8 Å². The molecule has 0 aromatic rings. The molecule has 0 aromatic heterocycles. The summed E-state index contributed by atoms with van der Waals surface area (Å²) in [5, 5.41) is 2.93. The first kappa shape index (κ1) is 6.83. The quantitative estimate of drug-likeness (QED) is 0.539. The number of hydrogen-bond acceptors (Lipinski definition) is 2. The second-order valence-corrected chi connectivity index (χ2v) is 3.25. The molecule has 1 aliphatic carbocycles.